The first-order chi connectivity index (χ1) is 9.10. The molecule has 4 heteroatoms. The summed E-state index contributed by atoms with van der Waals surface area (Å²) in [5.74, 6) is -0.166. The third kappa shape index (κ3) is 3.84. The fraction of sp³-hybridized carbons (Fsp3) is 0.333. The first kappa shape index (κ1) is 15.3. The molecule has 1 unspecified atom stereocenters. The highest BCUT2D eigenvalue weighted by Gasteiger charge is 2.07. The maximum absolute atomic E-state index is 11.8. The lowest BCUT2D eigenvalue weighted by atomic mass is 10.0. The minimum atomic E-state index is -0.166. The molecular weight excluding hydrogens is 260 g/mol. The van der Waals surface area contributed by atoms with Gasteiger partial charge in [-0.3, -0.25) is 4.79 Å². The molecule has 0 radical (unpaired) electrons. The molecule has 1 aromatic heterocycles. The molecule has 100 valence electrons. The van der Waals surface area contributed by atoms with Gasteiger partial charge in [-0.25, -0.2) is 0 Å². The zero-order valence-electron chi connectivity index (χ0n) is 11.3. The number of aromatic amines is 1. The molecule has 2 rings (SSSR count). The number of nitriles is 1. The van der Waals surface area contributed by atoms with Crippen LogP contribution in [0, 0.1) is 17.2 Å². The summed E-state index contributed by atoms with van der Waals surface area (Å²) in [4.78, 5) is 14.6. The molecule has 1 heterocycles. The number of fused-ring (bicyclic) bond motifs is 1. The van der Waals surface area contributed by atoms with E-state index >= 15 is 0 Å². The number of aromatic nitrogens is 1. The Morgan fingerprint density at radius 3 is 2.68 bits per heavy atom. The van der Waals surface area contributed by atoms with Crippen LogP contribution >= 0.6 is 11.6 Å². The Morgan fingerprint density at radius 1 is 1.37 bits per heavy atom. The third-order valence-electron chi connectivity index (χ3n) is 2.63. The van der Waals surface area contributed by atoms with Crippen LogP contribution in [0.25, 0.3) is 10.9 Å². The maximum atomic E-state index is 11.8. The molecule has 0 saturated heterocycles. The molecule has 1 atom stereocenters. The van der Waals surface area contributed by atoms with Crippen molar-refractivity contribution in [3.63, 3.8) is 0 Å². The second-order valence-electron chi connectivity index (χ2n) is 4.09. The highest BCUT2D eigenvalue weighted by Crippen LogP contribution is 2.17. The van der Waals surface area contributed by atoms with Gasteiger partial charge in [0.25, 0.3) is 5.56 Å². The Bertz CT molecular complexity index is 655. The van der Waals surface area contributed by atoms with Gasteiger partial charge in [0.2, 0.25) is 0 Å². The second kappa shape index (κ2) is 6.96. The zero-order valence-corrected chi connectivity index (χ0v) is 12.1. The summed E-state index contributed by atoms with van der Waals surface area (Å²) in [7, 11) is 0. The topological polar surface area (TPSA) is 56.6 Å². The quantitative estimate of drug-likeness (QED) is 0.904. The lowest BCUT2D eigenvalue weighted by Gasteiger charge is -2.04. The van der Waals surface area contributed by atoms with Gasteiger partial charge in [-0.15, -0.1) is 0 Å². The van der Waals surface area contributed by atoms with E-state index in [2.05, 4.69) is 11.1 Å². The summed E-state index contributed by atoms with van der Waals surface area (Å²) in [5.41, 5.74) is 1.20. The van der Waals surface area contributed by atoms with Crippen LogP contribution in [0.15, 0.2) is 29.1 Å². The van der Waals surface area contributed by atoms with E-state index in [1.54, 1.807) is 19.1 Å². The number of halogens is 1. The van der Waals surface area contributed by atoms with Crippen LogP contribution in [0.3, 0.4) is 0 Å². The number of benzene rings is 1. The van der Waals surface area contributed by atoms with E-state index in [0.29, 0.717) is 17.0 Å². The van der Waals surface area contributed by atoms with Gasteiger partial charge in [0.1, 0.15) is 0 Å². The minimum Gasteiger partial charge on any atom is -0.322 e. The van der Waals surface area contributed by atoms with Crippen molar-refractivity contribution in [2.24, 2.45) is 5.92 Å². The molecule has 0 amide bonds. The average molecular weight is 277 g/mol. The molecule has 0 bridgehead atoms. The van der Waals surface area contributed by atoms with E-state index in [0.717, 1.165) is 10.9 Å². The van der Waals surface area contributed by atoms with E-state index in [1.807, 2.05) is 26.0 Å². The van der Waals surface area contributed by atoms with Crippen molar-refractivity contribution in [3.05, 3.63) is 45.2 Å². The molecule has 0 spiro atoms. The highest BCUT2D eigenvalue weighted by molar-refractivity contribution is 6.31. The van der Waals surface area contributed by atoms with Crippen LogP contribution in [0.1, 0.15) is 26.3 Å². The van der Waals surface area contributed by atoms with E-state index < -0.39 is 0 Å². The molecule has 0 saturated carbocycles. The fourth-order valence-corrected chi connectivity index (χ4v) is 1.92. The summed E-state index contributed by atoms with van der Waals surface area (Å²) < 4.78 is 0. The van der Waals surface area contributed by atoms with Crippen molar-refractivity contribution in [3.8, 4) is 6.07 Å². The van der Waals surface area contributed by atoms with Crippen molar-refractivity contribution in [2.75, 3.05) is 0 Å². The van der Waals surface area contributed by atoms with Crippen molar-refractivity contribution >= 4 is 22.5 Å². The summed E-state index contributed by atoms with van der Waals surface area (Å²) >= 11 is 5.85. The number of nitrogens with zero attached hydrogens (tertiary/aromatic N) is 1. The number of hydrogen-bond acceptors (Lipinski definition) is 2. The van der Waals surface area contributed by atoms with Crippen molar-refractivity contribution < 1.29 is 0 Å². The molecule has 0 aliphatic rings. The molecule has 1 N–H and O–H groups in total. The number of rotatable bonds is 2. The number of hydrogen-bond donors (Lipinski definition) is 1. The minimum absolute atomic E-state index is 0.151. The second-order valence-corrected chi connectivity index (χ2v) is 4.53. The van der Waals surface area contributed by atoms with Gasteiger partial charge in [0, 0.05) is 22.0 Å². The van der Waals surface area contributed by atoms with Gasteiger partial charge < -0.3 is 4.98 Å². The van der Waals surface area contributed by atoms with Gasteiger partial charge in [0.05, 0.1) is 6.07 Å². The predicted molar refractivity (Wildman–Crippen MR) is 79.4 cm³/mol. The number of H-pyrrole nitrogens is 1. The van der Waals surface area contributed by atoms with Gasteiger partial charge >= 0.3 is 0 Å². The van der Waals surface area contributed by atoms with Crippen LogP contribution in [-0.2, 0) is 6.42 Å². The number of pyridine rings is 1. The first-order valence-corrected chi connectivity index (χ1v) is 6.69. The smallest absolute Gasteiger partial charge is 0.251 e. The van der Waals surface area contributed by atoms with Gasteiger partial charge in [-0.05, 0) is 36.9 Å². The monoisotopic (exact) mass is 276 g/mol. The summed E-state index contributed by atoms with van der Waals surface area (Å²) in [5, 5.41) is 10.3. The van der Waals surface area contributed by atoms with E-state index in [9.17, 15) is 4.79 Å². The molecule has 1 aromatic carbocycles. The Morgan fingerprint density at radius 2 is 2.05 bits per heavy atom. The van der Waals surface area contributed by atoms with E-state index in [1.165, 1.54) is 0 Å². The molecule has 0 aliphatic carbocycles. The maximum Gasteiger partial charge on any atom is 0.251 e. The van der Waals surface area contributed by atoms with Crippen LogP contribution in [0.5, 0.6) is 0 Å². The van der Waals surface area contributed by atoms with Crippen LogP contribution in [0.4, 0.5) is 0 Å². The molecule has 2 aromatic rings. The van der Waals surface area contributed by atoms with Crippen LogP contribution in [0.2, 0.25) is 5.02 Å². The first-order valence-electron chi connectivity index (χ1n) is 6.31. The summed E-state index contributed by atoms with van der Waals surface area (Å²) in [6.45, 7) is 5.80. The standard InChI is InChI=1S/C13H11ClN2O.C2H6/c1-8(7-15)4-10-5-9-2-3-11(14)6-12(9)16-13(10)17;1-2/h2-3,5-6,8H,4H2,1H3,(H,16,17);1-2H3. The SMILES string of the molecule is CC.CC(C#N)Cc1cc2ccc(Cl)cc2[nH]c1=O. The molecule has 0 aliphatic heterocycles. The Labute approximate surface area is 117 Å². The number of nitrogens with one attached hydrogen (secondary N) is 1. The Hall–Kier alpha value is -1.79. The zero-order chi connectivity index (χ0) is 14.4. The van der Waals surface area contributed by atoms with Gasteiger partial charge in [0.15, 0.2) is 0 Å². The highest BCUT2D eigenvalue weighted by atomic mass is 35.5. The van der Waals surface area contributed by atoms with Crippen molar-refractivity contribution in [1.82, 2.24) is 4.98 Å². The van der Waals surface area contributed by atoms with E-state index in [4.69, 9.17) is 16.9 Å². The van der Waals surface area contributed by atoms with Crippen molar-refractivity contribution in [2.45, 2.75) is 27.2 Å². The Balaban J connectivity index is 0.000000861. The molecule has 0 fully saturated rings. The Kier molecular flexibility index (Phi) is 5.59. The van der Waals surface area contributed by atoms with Gasteiger partial charge in [-0.1, -0.05) is 31.5 Å². The van der Waals surface area contributed by atoms with E-state index in [-0.39, 0.29) is 11.5 Å². The third-order valence-corrected chi connectivity index (χ3v) is 2.87. The lowest BCUT2D eigenvalue weighted by molar-refractivity contribution is 0.732. The average Bonchev–Trinajstić information content (AvgIpc) is 2.42. The normalized spacial score (nSPS) is 11.3. The molecular formula is C15H17ClN2O. The predicted octanol–water partition coefficient (Wildman–Crippen LogP) is 3.91. The fourth-order valence-electron chi connectivity index (χ4n) is 1.75. The van der Waals surface area contributed by atoms with Crippen LogP contribution in [-0.4, -0.2) is 4.98 Å². The summed E-state index contributed by atoms with van der Waals surface area (Å²) in [6, 6.07) is 9.29. The van der Waals surface area contributed by atoms with Crippen LogP contribution < -0.4 is 5.56 Å². The lowest BCUT2D eigenvalue weighted by Crippen LogP contribution is -2.14. The van der Waals surface area contributed by atoms with Crippen molar-refractivity contribution in [1.29, 1.82) is 5.26 Å². The molecule has 3 nitrogen and oxygen atoms in total. The molecule has 19 heavy (non-hydrogen) atoms. The van der Waals surface area contributed by atoms with Gasteiger partial charge in [-0.2, -0.15) is 5.26 Å². The largest absolute Gasteiger partial charge is 0.322 e. The summed E-state index contributed by atoms with van der Waals surface area (Å²) in [6.07, 6.45) is 0.463.